The van der Waals surface area contributed by atoms with Crippen LogP contribution in [0.3, 0.4) is 0 Å². The van der Waals surface area contributed by atoms with Crippen molar-refractivity contribution in [3.05, 3.63) is 34.9 Å². The minimum Gasteiger partial charge on any atom is -0.387 e. The molecule has 13 heavy (non-hydrogen) atoms. The van der Waals surface area contributed by atoms with Gasteiger partial charge in [0.15, 0.2) is 0 Å². The highest BCUT2D eigenvalue weighted by Crippen LogP contribution is 2.24. The Morgan fingerprint density at radius 1 is 1.46 bits per heavy atom. The monoisotopic (exact) mass is 199 g/mol. The maximum atomic E-state index is 9.80. The largest absolute Gasteiger partial charge is 0.387 e. The number of aliphatic hydroxyl groups excluding tert-OH is 1. The summed E-state index contributed by atoms with van der Waals surface area (Å²) in [6.45, 7) is 3.55. The second-order valence-corrected chi connectivity index (χ2v) is 4.22. The zero-order chi connectivity index (χ0) is 10.1. The molecule has 1 aromatic carbocycles. The highest BCUT2D eigenvalue weighted by Gasteiger charge is 2.24. The van der Waals surface area contributed by atoms with E-state index in [-0.39, 0.29) is 0 Å². The normalized spacial score (nSPS) is 14.2. The average molecular weight is 200 g/mol. The number of nitrogens with two attached hydrogens (primary N) is 1. The van der Waals surface area contributed by atoms with Crippen LogP contribution in [0.25, 0.3) is 0 Å². The zero-order valence-electron chi connectivity index (χ0n) is 7.79. The Hall–Kier alpha value is -0.570. The molecule has 0 radical (unpaired) electrons. The molecular weight excluding hydrogens is 186 g/mol. The first kappa shape index (κ1) is 10.5. The molecule has 0 saturated heterocycles. The first-order valence-corrected chi connectivity index (χ1v) is 4.51. The van der Waals surface area contributed by atoms with Gasteiger partial charge in [-0.1, -0.05) is 23.7 Å². The van der Waals surface area contributed by atoms with Crippen LogP contribution in [0.2, 0.25) is 5.02 Å². The fourth-order valence-electron chi connectivity index (χ4n) is 1.11. The zero-order valence-corrected chi connectivity index (χ0v) is 8.55. The van der Waals surface area contributed by atoms with E-state index in [0.717, 1.165) is 5.56 Å². The summed E-state index contributed by atoms with van der Waals surface area (Å²) in [6.07, 6.45) is -0.689. The molecule has 3 N–H and O–H groups in total. The Bertz CT molecular complexity index is 293. The summed E-state index contributed by atoms with van der Waals surface area (Å²) >= 11 is 5.79. The number of halogens is 1. The topological polar surface area (TPSA) is 46.2 Å². The number of hydrogen-bond donors (Lipinski definition) is 2. The van der Waals surface area contributed by atoms with Crippen molar-refractivity contribution >= 4 is 11.6 Å². The SMILES string of the molecule is CC(C)(N)C(O)c1cccc(Cl)c1. The summed E-state index contributed by atoms with van der Waals surface area (Å²) in [5.41, 5.74) is 5.87. The first-order chi connectivity index (χ1) is 5.91. The second kappa shape index (κ2) is 3.66. The van der Waals surface area contributed by atoms with E-state index in [1.807, 2.05) is 6.07 Å². The Balaban J connectivity index is 2.96. The van der Waals surface area contributed by atoms with Gasteiger partial charge in [-0.05, 0) is 31.5 Å². The quantitative estimate of drug-likeness (QED) is 0.767. The first-order valence-electron chi connectivity index (χ1n) is 4.13. The third kappa shape index (κ3) is 2.69. The van der Waals surface area contributed by atoms with Gasteiger partial charge in [0.2, 0.25) is 0 Å². The maximum absolute atomic E-state index is 9.80. The molecule has 1 atom stereocenters. The predicted molar refractivity (Wildman–Crippen MR) is 54.7 cm³/mol. The van der Waals surface area contributed by atoms with E-state index in [0.29, 0.717) is 5.02 Å². The Labute approximate surface area is 83.3 Å². The molecule has 0 aliphatic rings. The molecule has 1 rings (SSSR count). The van der Waals surface area contributed by atoms with Crippen LogP contribution < -0.4 is 5.73 Å². The lowest BCUT2D eigenvalue weighted by atomic mass is 9.93. The molecule has 0 amide bonds. The predicted octanol–water partition coefficient (Wildman–Crippen LogP) is 2.11. The number of aliphatic hydroxyl groups is 1. The second-order valence-electron chi connectivity index (χ2n) is 3.78. The fraction of sp³-hybridized carbons (Fsp3) is 0.400. The highest BCUT2D eigenvalue weighted by molar-refractivity contribution is 6.30. The molecule has 0 fully saturated rings. The lowest BCUT2D eigenvalue weighted by Gasteiger charge is -2.26. The summed E-state index contributed by atoms with van der Waals surface area (Å²) in [5, 5.41) is 10.4. The van der Waals surface area contributed by atoms with E-state index in [9.17, 15) is 5.11 Å². The van der Waals surface area contributed by atoms with Crippen molar-refractivity contribution in [2.24, 2.45) is 5.73 Å². The Morgan fingerprint density at radius 3 is 2.54 bits per heavy atom. The smallest absolute Gasteiger partial charge is 0.0964 e. The molecule has 0 saturated carbocycles. The minimum atomic E-state index is -0.689. The number of hydrogen-bond acceptors (Lipinski definition) is 2. The van der Waals surface area contributed by atoms with Crippen LogP contribution in [0.4, 0.5) is 0 Å². The highest BCUT2D eigenvalue weighted by atomic mass is 35.5. The van der Waals surface area contributed by atoms with Gasteiger partial charge in [-0.25, -0.2) is 0 Å². The van der Waals surface area contributed by atoms with Crippen molar-refractivity contribution in [3.63, 3.8) is 0 Å². The molecule has 1 aromatic rings. The Kier molecular flexibility index (Phi) is 2.96. The lowest BCUT2D eigenvalue weighted by molar-refractivity contribution is 0.105. The van der Waals surface area contributed by atoms with E-state index < -0.39 is 11.6 Å². The van der Waals surface area contributed by atoms with Crippen molar-refractivity contribution in [2.45, 2.75) is 25.5 Å². The molecule has 1 unspecified atom stereocenters. The van der Waals surface area contributed by atoms with E-state index in [1.54, 1.807) is 32.0 Å². The average Bonchev–Trinajstić information content (AvgIpc) is 2.01. The van der Waals surface area contributed by atoms with Crippen LogP contribution in [-0.2, 0) is 0 Å². The van der Waals surface area contributed by atoms with Crippen LogP contribution >= 0.6 is 11.6 Å². The molecule has 0 spiro atoms. The molecule has 72 valence electrons. The van der Waals surface area contributed by atoms with Crippen LogP contribution in [0.5, 0.6) is 0 Å². The molecule has 0 aromatic heterocycles. The maximum Gasteiger partial charge on any atom is 0.0964 e. The summed E-state index contributed by atoms with van der Waals surface area (Å²) in [4.78, 5) is 0. The van der Waals surface area contributed by atoms with E-state index in [4.69, 9.17) is 17.3 Å². The molecule has 0 heterocycles. The van der Waals surface area contributed by atoms with Crippen molar-refractivity contribution in [1.29, 1.82) is 0 Å². The number of rotatable bonds is 2. The van der Waals surface area contributed by atoms with Crippen molar-refractivity contribution in [3.8, 4) is 0 Å². The van der Waals surface area contributed by atoms with Crippen LogP contribution in [0, 0.1) is 0 Å². The third-order valence-corrected chi connectivity index (χ3v) is 2.10. The molecule has 0 bridgehead atoms. The minimum absolute atomic E-state index is 0.612. The standard InChI is InChI=1S/C10H14ClNO/c1-10(2,12)9(13)7-4-3-5-8(11)6-7/h3-6,9,13H,12H2,1-2H3. The molecule has 0 aliphatic carbocycles. The van der Waals surface area contributed by atoms with Crippen LogP contribution in [0.15, 0.2) is 24.3 Å². The van der Waals surface area contributed by atoms with Gasteiger partial charge in [0.05, 0.1) is 6.10 Å². The third-order valence-electron chi connectivity index (χ3n) is 1.87. The van der Waals surface area contributed by atoms with Gasteiger partial charge in [-0.3, -0.25) is 0 Å². The van der Waals surface area contributed by atoms with Gasteiger partial charge >= 0.3 is 0 Å². The van der Waals surface area contributed by atoms with Gasteiger partial charge in [-0.2, -0.15) is 0 Å². The Morgan fingerprint density at radius 2 is 2.08 bits per heavy atom. The van der Waals surface area contributed by atoms with Gasteiger partial charge in [0.25, 0.3) is 0 Å². The van der Waals surface area contributed by atoms with Crippen molar-refractivity contribution in [1.82, 2.24) is 0 Å². The van der Waals surface area contributed by atoms with Crippen molar-refractivity contribution in [2.75, 3.05) is 0 Å². The van der Waals surface area contributed by atoms with E-state index in [1.165, 1.54) is 0 Å². The van der Waals surface area contributed by atoms with Crippen molar-refractivity contribution < 1.29 is 5.11 Å². The van der Waals surface area contributed by atoms with E-state index >= 15 is 0 Å². The summed E-state index contributed by atoms with van der Waals surface area (Å²) < 4.78 is 0. The van der Waals surface area contributed by atoms with Gasteiger partial charge in [0.1, 0.15) is 0 Å². The van der Waals surface area contributed by atoms with Gasteiger partial charge < -0.3 is 10.8 Å². The summed E-state index contributed by atoms with van der Waals surface area (Å²) in [7, 11) is 0. The molecule has 0 aliphatic heterocycles. The molecular formula is C10H14ClNO. The van der Waals surface area contributed by atoms with Crippen LogP contribution in [0.1, 0.15) is 25.5 Å². The van der Waals surface area contributed by atoms with Crippen LogP contribution in [-0.4, -0.2) is 10.6 Å². The fourth-order valence-corrected chi connectivity index (χ4v) is 1.30. The van der Waals surface area contributed by atoms with E-state index in [2.05, 4.69) is 0 Å². The number of benzene rings is 1. The van der Waals surface area contributed by atoms with Gasteiger partial charge in [0, 0.05) is 10.6 Å². The lowest BCUT2D eigenvalue weighted by Crippen LogP contribution is -2.39. The molecule has 2 nitrogen and oxygen atoms in total. The van der Waals surface area contributed by atoms with Gasteiger partial charge in [-0.15, -0.1) is 0 Å². The summed E-state index contributed by atoms with van der Waals surface area (Å²) in [5.74, 6) is 0. The summed E-state index contributed by atoms with van der Waals surface area (Å²) in [6, 6.07) is 7.10. The molecule has 3 heteroatoms.